The zero-order chi connectivity index (χ0) is 22.2. The van der Waals surface area contributed by atoms with E-state index >= 15 is 0 Å². The van der Waals surface area contributed by atoms with Crippen molar-refractivity contribution in [3.8, 4) is 5.75 Å². The van der Waals surface area contributed by atoms with Gasteiger partial charge in [0.05, 0.1) is 7.11 Å². The third-order valence-electron chi connectivity index (χ3n) is 5.39. The van der Waals surface area contributed by atoms with E-state index in [-0.39, 0.29) is 17.6 Å². The second kappa shape index (κ2) is 10.7. The van der Waals surface area contributed by atoms with Gasteiger partial charge in [-0.1, -0.05) is 12.1 Å². The summed E-state index contributed by atoms with van der Waals surface area (Å²) in [7, 11) is 1.59. The Hall–Kier alpha value is -3.19. The molecule has 7 heteroatoms. The summed E-state index contributed by atoms with van der Waals surface area (Å²) < 4.78 is 18.2. The molecule has 1 saturated heterocycles. The van der Waals surface area contributed by atoms with Gasteiger partial charge in [-0.05, 0) is 54.5 Å². The van der Waals surface area contributed by atoms with Crippen LogP contribution in [0.3, 0.4) is 0 Å². The van der Waals surface area contributed by atoms with Gasteiger partial charge in [-0.3, -0.25) is 14.5 Å². The lowest BCUT2D eigenvalue weighted by Gasteiger charge is -2.34. The highest BCUT2D eigenvalue weighted by Gasteiger charge is 2.20. The number of halogens is 1. The number of rotatable bonds is 7. The Kier molecular flexibility index (Phi) is 7.78. The van der Waals surface area contributed by atoms with E-state index in [0.29, 0.717) is 30.9 Å². The number of amides is 2. The summed E-state index contributed by atoms with van der Waals surface area (Å²) in [5.74, 6) is 0.276. The summed E-state index contributed by atoms with van der Waals surface area (Å²) in [6, 6.07) is 13.1. The maximum absolute atomic E-state index is 13.1. The van der Waals surface area contributed by atoms with E-state index in [2.05, 4.69) is 10.2 Å². The van der Waals surface area contributed by atoms with Gasteiger partial charge >= 0.3 is 0 Å². The first-order valence-corrected chi connectivity index (χ1v) is 10.3. The largest absolute Gasteiger partial charge is 0.497 e. The van der Waals surface area contributed by atoms with Crippen LogP contribution in [0.15, 0.2) is 54.6 Å². The molecule has 0 spiro atoms. The Morgan fingerprint density at radius 2 is 1.61 bits per heavy atom. The third-order valence-corrected chi connectivity index (χ3v) is 5.39. The van der Waals surface area contributed by atoms with Gasteiger partial charge in [0.25, 0.3) is 5.91 Å². The van der Waals surface area contributed by atoms with E-state index in [0.717, 1.165) is 30.8 Å². The number of piperazine rings is 1. The van der Waals surface area contributed by atoms with Gasteiger partial charge in [-0.2, -0.15) is 0 Å². The molecule has 0 atom stereocenters. The van der Waals surface area contributed by atoms with Crippen LogP contribution >= 0.6 is 0 Å². The third kappa shape index (κ3) is 6.39. The van der Waals surface area contributed by atoms with Gasteiger partial charge in [-0.15, -0.1) is 0 Å². The van der Waals surface area contributed by atoms with Crippen molar-refractivity contribution in [2.45, 2.75) is 6.92 Å². The maximum atomic E-state index is 13.1. The molecule has 1 aliphatic heterocycles. The molecule has 1 aliphatic rings. The molecule has 2 amide bonds. The molecule has 1 N–H and O–H groups in total. The average Bonchev–Trinajstić information content (AvgIpc) is 2.79. The Morgan fingerprint density at radius 3 is 2.23 bits per heavy atom. The SMILES string of the molecule is COc1ccc(C(=O)NCCN2CCN(C(=O)C=C(C)c3ccc(F)cc3)CC2)cc1. The first kappa shape index (κ1) is 22.5. The van der Waals surface area contributed by atoms with Gasteiger partial charge in [0, 0.05) is 50.9 Å². The number of nitrogens with one attached hydrogen (secondary N) is 1. The van der Waals surface area contributed by atoms with Gasteiger partial charge in [0.2, 0.25) is 5.91 Å². The molecule has 6 nitrogen and oxygen atoms in total. The standard InChI is InChI=1S/C24H28FN3O3/c1-18(19-3-7-21(25)8-4-19)17-23(29)28-15-13-27(14-16-28)12-11-26-24(30)20-5-9-22(31-2)10-6-20/h3-10,17H,11-16H2,1-2H3,(H,26,30). The van der Waals surface area contributed by atoms with Crippen molar-refractivity contribution in [2.24, 2.45) is 0 Å². The van der Waals surface area contributed by atoms with Gasteiger partial charge in [0.15, 0.2) is 0 Å². The molecule has 0 aromatic heterocycles. The Morgan fingerprint density at radius 1 is 1.00 bits per heavy atom. The smallest absolute Gasteiger partial charge is 0.251 e. The van der Waals surface area contributed by atoms with Crippen LogP contribution in [-0.4, -0.2) is 68.0 Å². The predicted octanol–water partition coefficient (Wildman–Crippen LogP) is 2.81. The van der Waals surface area contributed by atoms with Crippen molar-refractivity contribution in [1.29, 1.82) is 0 Å². The van der Waals surface area contributed by atoms with E-state index in [1.54, 1.807) is 49.6 Å². The fourth-order valence-corrected chi connectivity index (χ4v) is 3.44. The Bertz CT molecular complexity index is 918. The van der Waals surface area contributed by atoms with Crippen molar-refractivity contribution in [3.05, 3.63) is 71.6 Å². The first-order chi connectivity index (χ1) is 15.0. The zero-order valence-electron chi connectivity index (χ0n) is 17.9. The van der Waals surface area contributed by atoms with Gasteiger partial charge < -0.3 is 15.0 Å². The molecular formula is C24H28FN3O3. The minimum atomic E-state index is -0.292. The molecular weight excluding hydrogens is 397 g/mol. The van der Waals surface area contributed by atoms with E-state index in [1.165, 1.54) is 12.1 Å². The topological polar surface area (TPSA) is 61.9 Å². The summed E-state index contributed by atoms with van der Waals surface area (Å²) in [6.45, 7) is 5.92. The van der Waals surface area contributed by atoms with E-state index in [4.69, 9.17) is 4.74 Å². The van der Waals surface area contributed by atoms with Crippen LogP contribution in [-0.2, 0) is 4.79 Å². The zero-order valence-corrected chi connectivity index (χ0v) is 17.9. The second-order valence-electron chi connectivity index (χ2n) is 7.49. The van der Waals surface area contributed by atoms with E-state index in [1.807, 2.05) is 11.8 Å². The molecule has 1 heterocycles. The summed E-state index contributed by atoms with van der Waals surface area (Å²) in [5.41, 5.74) is 2.24. The molecule has 0 saturated carbocycles. The van der Waals surface area contributed by atoms with E-state index < -0.39 is 0 Å². The number of allylic oxidation sites excluding steroid dienone is 1. The summed E-state index contributed by atoms with van der Waals surface area (Å²) in [6.07, 6.45) is 1.61. The lowest BCUT2D eigenvalue weighted by molar-refractivity contribution is -0.127. The molecule has 1 fully saturated rings. The predicted molar refractivity (Wildman–Crippen MR) is 118 cm³/mol. The number of carbonyl (C=O) groups is 2. The minimum absolute atomic E-state index is 0.0331. The monoisotopic (exact) mass is 425 g/mol. The Labute approximate surface area is 182 Å². The maximum Gasteiger partial charge on any atom is 0.251 e. The van der Waals surface area contributed by atoms with Crippen molar-refractivity contribution >= 4 is 17.4 Å². The summed E-state index contributed by atoms with van der Waals surface area (Å²) in [5, 5.41) is 2.93. The normalized spacial score (nSPS) is 14.9. The number of ether oxygens (including phenoxy) is 1. The van der Waals surface area contributed by atoms with Crippen LogP contribution in [0.2, 0.25) is 0 Å². The second-order valence-corrected chi connectivity index (χ2v) is 7.49. The van der Waals surface area contributed by atoms with Gasteiger partial charge in [0.1, 0.15) is 11.6 Å². The first-order valence-electron chi connectivity index (χ1n) is 10.3. The molecule has 0 bridgehead atoms. The van der Waals surface area contributed by atoms with Crippen molar-refractivity contribution < 1.29 is 18.7 Å². The van der Waals surface area contributed by atoms with Crippen LogP contribution < -0.4 is 10.1 Å². The molecule has 0 radical (unpaired) electrons. The highest BCUT2D eigenvalue weighted by atomic mass is 19.1. The van der Waals surface area contributed by atoms with Crippen LogP contribution in [0.4, 0.5) is 4.39 Å². The molecule has 164 valence electrons. The van der Waals surface area contributed by atoms with Gasteiger partial charge in [-0.25, -0.2) is 4.39 Å². The highest BCUT2D eigenvalue weighted by Crippen LogP contribution is 2.15. The quantitative estimate of drug-likeness (QED) is 0.693. The number of methoxy groups -OCH3 is 1. The number of carbonyl (C=O) groups excluding carboxylic acids is 2. The highest BCUT2D eigenvalue weighted by molar-refractivity contribution is 5.95. The fraction of sp³-hybridized carbons (Fsp3) is 0.333. The Balaban J connectivity index is 1.40. The lowest BCUT2D eigenvalue weighted by atomic mass is 10.1. The number of hydrogen-bond donors (Lipinski definition) is 1. The molecule has 0 unspecified atom stereocenters. The van der Waals surface area contributed by atoms with Crippen LogP contribution in [0.25, 0.3) is 5.57 Å². The molecule has 31 heavy (non-hydrogen) atoms. The molecule has 2 aromatic carbocycles. The van der Waals surface area contributed by atoms with Crippen molar-refractivity contribution in [2.75, 3.05) is 46.4 Å². The van der Waals surface area contributed by atoms with Crippen molar-refractivity contribution in [1.82, 2.24) is 15.1 Å². The molecule has 0 aliphatic carbocycles. The molecule has 2 aromatic rings. The van der Waals surface area contributed by atoms with Crippen LogP contribution in [0, 0.1) is 5.82 Å². The number of nitrogens with zero attached hydrogens (tertiary/aromatic N) is 2. The minimum Gasteiger partial charge on any atom is -0.497 e. The summed E-state index contributed by atoms with van der Waals surface area (Å²) >= 11 is 0. The lowest BCUT2D eigenvalue weighted by Crippen LogP contribution is -2.50. The summed E-state index contributed by atoms with van der Waals surface area (Å²) in [4.78, 5) is 28.8. The van der Waals surface area contributed by atoms with Crippen LogP contribution in [0.1, 0.15) is 22.8 Å². The average molecular weight is 426 g/mol. The molecule has 3 rings (SSSR count). The fourth-order valence-electron chi connectivity index (χ4n) is 3.44. The van der Waals surface area contributed by atoms with Crippen molar-refractivity contribution in [3.63, 3.8) is 0 Å². The number of benzene rings is 2. The van der Waals surface area contributed by atoms with E-state index in [9.17, 15) is 14.0 Å². The number of hydrogen-bond acceptors (Lipinski definition) is 4. The van der Waals surface area contributed by atoms with Crippen LogP contribution in [0.5, 0.6) is 5.75 Å².